The van der Waals surface area contributed by atoms with Crippen molar-refractivity contribution in [1.29, 1.82) is 5.41 Å². The zero-order chi connectivity index (χ0) is 20.0. The summed E-state index contributed by atoms with van der Waals surface area (Å²) >= 11 is 0. The number of carbonyl (C=O) groups is 1. The Labute approximate surface area is 165 Å². The summed E-state index contributed by atoms with van der Waals surface area (Å²) in [6.45, 7) is 5.53. The third kappa shape index (κ3) is 5.21. The molecule has 2 amide bonds. The number of carbonyl (C=O) groups excluding carboxylic acids is 1. The van der Waals surface area contributed by atoms with Crippen LogP contribution in [0.1, 0.15) is 26.2 Å². The van der Waals surface area contributed by atoms with E-state index in [2.05, 4.69) is 15.2 Å². The van der Waals surface area contributed by atoms with Crippen LogP contribution >= 0.6 is 0 Å². The number of amides is 2. The molecule has 0 saturated carbocycles. The van der Waals surface area contributed by atoms with Crippen LogP contribution in [0.4, 0.5) is 9.18 Å². The van der Waals surface area contributed by atoms with Gasteiger partial charge in [0.2, 0.25) is 0 Å². The molecule has 2 aliphatic heterocycles. The van der Waals surface area contributed by atoms with Crippen molar-refractivity contribution in [3.63, 3.8) is 0 Å². The number of halogens is 1. The minimum absolute atomic E-state index is 0.0723. The van der Waals surface area contributed by atoms with Gasteiger partial charge in [0.1, 0.15) is 18.2 Å². The van der Waals surface area contributed by atoms with Crippen LogP contribution in [0.3, 0.4) is 0 Å². The van der Waals surface area contributed by atoms with Gasteiger partial charge in [-0.1, -0.05) is 0 Å². The van der Waals surface area contributed by atoms with Crippen LogP contribution in [0.2, 0.25) is 0 Å². The Morgan fingerprint density at radius 1 is 1.50 bits per heavy atom. The number of hydrogen-bond donors (Lipinski definition) is 2. The van der Waals surface area contributed by atoms with Gasteiger partial charge in [-0.3, -0.25) is 4.99 Å². The molecule has 2 heterocycles. The summed E-state index contributed by atoms with van der Waals surface area (Å²) < 4.78 is 18.8. The summed E-state index contributed by atoms with van der Waals surface area (Å²) in [7, 11) is 0. The monoisotopic (exact) mass is 389 g/mol. The van der Waals surface area contributed by atoms with E-state index in [1.807, 2.05) is 24.1 Å². The molecular formula is C20H28FN5O2. The molecule has 152 valence electrons. The van der Waals surface area contributed by atoms with Gasteiger partial charge in [-0.05, 0) is 25.8 Å². The number of rotatable bonds is 7. The zero-order valence-corrected chi connectivity index (χ0v) is 16.2. The molecule has 1 aliphatic carbocycles. The summed E-state index contributed by atoms with van der Waals surface area (Å²) in [5, 5.41) is 9.85. The lowest BCUT2D eigenvalue weighted by Crippen LogP contribution is -2.56. The average Bonchev–Trinajstić information content (AvgIpc) is 3.09. The third-order valence-electron chi connectivity index (χ3n) is 5.22. The second-order valence-corrected chi connectivity index (χ2v) is 7.74. The Hall–Kier alpha value is -2.64. The van der Waals surface area contributed by atoms with Crippen LogP contribution in [0, 0.1) is 10.8 Å². The van der Waals surface area contributed by atoms with E-state index in [0.717, 1.165) is 38.8 Å². The van der Waals surface area contributed by atoms with Crippen LogP contribution in [-0.4, -0.2) is 67.1 Å². The minimum Gasteiger partial charge on any atom is -0.492 e. The molecule has 2 N–H and O–H groups in total. The smallest absolute Gasteiger partial charge is 0.317 e. The van der Waals surface area contributed by atoms with Crippen LogP contribution in [-0.2, 0) is 4.74 Å². The van der Waals surface area contributed by atoms with E-state index in [9.17, 15) is 9.18 Å². The highest BCUT2D eigenvalue weighted by molar-refractivity contribution is 6.14. The molecule has 0 aromatic carbocycles. The Morgan fingerprint density at radius 3 is 3.07 bits per heavy atom. The molecule has 0 radical (unpaired) electrons. The molecule has 0 bridgehead atoms. The second kappa shape index (κ2) is 9.03. The average molecular weight is 389 g/mol. The molecule has 7 nitrogen and oxygen atoms in total. The predicted octanol–water partition coefficient (Wildman–Crippen LogP) is 2.83. The van der Waals surface area contributed by atoms with Crippen molar-refractivity contribution in [2.45, 2.75) is 32.2 Å². The summed E-state index contributed by atoms with van der Waals surface area (Å²) in [5.74, 6) is 0.375. The highest BCUT2D eigenvalue weighted by atomic mass is 19.1. The first-order chi connectivity index (χ1) is 13.5. The molecule has 2 saturated heterocycles. The van der Waals surface area contributed by atoms with Crippen LogP contribution in [0.25, 0.3) is 0 Å². The second-order valence-electron chi connectivity index (χ2n) is 7.74. The van der Waals surface area contributed by atoms with Crippen molar-refractivity contribution in [1.82, 2.24) is 15.1 Å². The topological polar surface area (TPSA) is 81.0 Å². The lowest BCUT2D eigenvalue weighted by molar-refractivity contribution is 0.0513. The third-order valence-corrected chi connectivity index (χ3v) is 5.22. The van der Waals surface area contributed by atoms with Gasteiger partial charge < -0.3 is 25.3 Å². The molecular weight excluding hydrogens is 361 g/mol. The standard InChI is InChI=1S/C20H28FN5O2/c1-16(12-28-18-4-2-3-17(21)11-18)24-19(27)26-9-5-20(15-26)13-25(14-20)10-8-23-7-6-22/h4,6-8,10-11,16,22H,2-3,5,9,12-15H2,1H3,(H,24,27)/b10-8+,22-6?,23-7-. The molecule has 2 fully saturated rings. The fourth-order valence-corrected chi connectivity index (χ4v) is 3.82. The molecule has 0 aromatic heterocycles. The van der Waals surface area contributed by atoms with Gasteiger partial charge >= 0.3 is 6.03 Å². The maximum Gasteiger partial charge on any atom is 0.317 e. The summed E-state index contributed by atoms with van der Waals surface area (Å²) in [4.78, 5) is 20.5. The van der Waals surface area contributed by atoms with Crippen LogP contribution in [0.15, 0.2) is 41.1 Å². The quantitative estimate of drug-likeness (QED) is 0.657. The molecule has 0 aromatic rings. The number of nitrogens with one attached hydrogen (secondary N) is 2. The first-order valence-corrected chi connectivity index (χ1v) is 9.67. The highest BCUT2D eigenvalue weighted by Gasteiger charge is 2.47. The predicted molar refractivity (Wildman–Crippen MR) is 107 cm³/mol. The van der Waals surface area contributed by atoms with Gasteiger partial charge in [-0.2, -0.15) is 0 Å². The summed E-state index contributed by atoms with van der Waals surface area (Å²) in [6, 6.07) is -0.229. The fraction of sp³-hybridized carbons (Fsp3) is 0.550. The van der Waals surface area contributed by atoms with Gasteiger partial charge in [0.15, 0.2) is 0 Å². The van der Waals surface area contributed by atoms with Crippen molar-refractivity contribution in [2.75, 3.05) is 32.8 Å². The summed E-state index contributed by atoms with van der Waals surface area (Å²) in [6.07, 6.45) is 11.5. The van der Waals surface area contributed by atoms with Crippen molar-refractivity contribution < 1.29 is 13.9 Å². The van der Waals surface area contributed by atoms with E-state index in [1.54, 1.807) is 6.20 Å². The van der Waals surface area contributed by atoms with Crippen molar-refractivity contribution in [2.24, 2.45) is 10.4 Å². The molecule has 28 heavy (non-hydrogen) atoms. The van der Waals surface area contributed by atoms with E-state index in [1.165, 1.54) is 12.3 Å². The van der Waals surface area contributed by atoms with Crippen LogP contribution in [0.5, 0.6) is 0 Å². The van der Waals surface area contributed by atoms with Crippen molar-refractivity contribution >= 4 is 18.5 Å². The van der Waals surface area contributed by atoms with Gasteiger partial charge in [0.25, 0.3) is 0 Å². The van der Waals surface area contributed by atoms with Gasteiger partial charge in [-0.15, -0.1) is 0 Å². The first kappa shape index (κ1) is 20.1. The number of likely N-dealkylation sites (tertiary alicyclic amines) is 2. The first-order valence-electron chi connectivity index (χ1n) is 9.67. The number of ether oxygens (including phenoxy) is 1. The Balaban J connectivity index is 1.38. The zero-order valence-electron chi connectivity index (χ0n) is 16.2. The summed E-state index contributed by atoms with van der Waals surface area (Å²) in [5.41, 5.74) is 0.169. The fourth-order valence-electron chi connectivity index (χ4n) is 3.82. The van der Waals surface area contributed by atoms with Crippen molar-refractivity contribution in [3.05, 3.63) is 36.1 Å². The SMILES string of the molecule is CC(COC1=CCCC(F)=C1)NC(=O)N1CCC2(CN(/C=C/N=C\C=N)C2)C1. The Kier molecular flexibility index (Phi) is 6.49. The number of urea groups is 1. The lowest BCUT2D eigenvalue weighted by Gasteiger charge is -2.47. The van der Waals surface area contributed by atoms with E-state index >= 15 is 0 Å². The van der Waals surface area contributed by atoms with Crippen molar-refractivity contribution in [3.8, 4) is 0 Å². The Morgan fingerprint density at radius 2 is 2.32 bits per heavy atom. The molecule has 3 rings (SSSR count). The lowest BCUT2D eigenvalue weighted by atomic mass is 9.79. The number of aliphatic imine (C=N–C) groups is 1. The Bertz CT molecular complexity index is 709. The van der Waals surface area contributed by atoms with E-state index in [0.29, 0.717) is 25.2 Å². The van der Waals surface area contributed by atoms with E-state index in [4.69, 9.17) is 10.1 Å². The molecule has 1 spiro atoms. The number of allylic oxidation sites excluding steroid dienone is 3. The molecule has 1 unspecified atom stereocenters. The molecule has 1 atom stereocenters. The molecule has 3 aliphatic rings. The maximum atomic E-state index is 13.3. The van der Waals surface area contributed by atoms with Gasteiger partial charge in [0, 0.05) is 68.9 Å². The minimum atomic E-state index is -0.164. The number of hydrogen-bond acceptors (Lipinski definition) is 5. The van der Waals surface area contributed by atoms with Gasteiger partial charge in [-0.25, -0.2) is 9.18 Å². The number of nitrogens with zero attached hydrogens (tertiary/aromatic N) is 3. The van der Waals surface area contributed by atoms with E-state index < -0.39 is 0 Å². The normalized spacial score (nSPS) is 22.2. The maximum absolute atomic E-state index is 13.3. The van der Waals surface area contributed by atoms with Crippen LogP contribution < -0.4 is 5.32 Å². The molecule has 8 heteroatoms. The van der Waals surface area contributed by atoms with E-state index in [-0.39, 0.29) is 23.3 Å². The van der Waals surface area contributed by atoms with Gasteiger partial charge in [0.05, 0.1) is 6.04 Å². The highest BCUT2D eigenvalue weighted by Crippen LogP contribution is 2.39. The largest absolute Gasteiger partial charge is 0.492 e.